The van der Waals surface area contributed by atoms with Crippen molar-refractivity contribution < 1.29 is 0 Å². The van der Waals surface area contributed by atoms with Gasteiger partial charge < -0.3 is 0 Å². The number of hydrogen-bond acceptors (Lipinski definition) is 1. The van der Waals surface area contributed by atoms with Crippen LogP contribution in [0, 0.1) is 5.92 Å². The Kier molecular flexibility index (Phi) is 2.45. The van der Waals surface area contributed by atoms with Crippen molar-refractivity contribution in [1.82, 2.24) is 0 Å². The summed E-state index contributed by atoms with van der Waals surface area (Å²) in [5, 5.41) is 1.74. The second-order valence-corrected chi connectivity index (χ2v) is 5.19. The van der Waals surface area contributed by atoms with Gasteiger partial charge in [0, 0.05) is 5.25 Å². The predicted octanol–water partition coefficient (Wildman–Crippen LogP) is 2.93. The zero-order valence-corrected chi connectivity index (χ0v) is 7.37. The van der Waals surface area contributed by atoms with E-state index in [0.717, 1.165) is 16.4 Å². The van der Waals surface area contributed by atoms with E-state index in [2.05, 4.69) is 32.5 Å². The lowest BCUT2D eigenvalue weighted by Crippen LogP contribution is -2.02. The lowest BCUT2D eigenvalue weighted by atomic mass is 10.3. The zero-order valence-electron chi connectivity index (χ0n) is 6.55. The third-order valence-corrected chi connectivity index (χ3v) is 3.13. The fourth-order valence-electron chi connectivity index (χ4n) is 1.11. The smallest absolute Gasteiger partial charge is 0.00495 e. The molecule has 0 aromatic carbocycles. The lowest BCUT2D eigenvalue weighted by Gasteiger charge is -2.11. The second-order valence-electron chi connectivity index (χ2n) is 3.23. The Bertz CT molecular complexity index is 84.6. The van der Waals surface area contributed by atoms with Crippen LogP contribution in [-0.2, 0) is 0 Å². The number of hydrogen-bond donors (Lipinski definition) is 0. The van der Waals surface area contributed by atoms with Crippen LogP contribution in [0.25, 0.3) is 0 Å². The molecule has 54 valence electrons. The molecule has 0 aromatic heterocycles. The largest absolute Gasteiger partial charge is 0.156 e. The molecule has 1 fully saturated rings. The average molecular weight is 144 g/mol. The summed E-state index contributed by atoms with van der Waals surface area (Å²) in [6, 6.07) is 0. The molecule has 0 heterocycles. The summed E-state index contributed by atoms with van der Waals surface area (Å²) in [5.41, 5.74) is 0. The van der Waals surface area contributed by atoms with E-state index >= 15 is 0 Å². The van der Waals surface area contributed by atoms with Crippen LogP contribution in [-0.4, -0.2) is 10.5 Å². The summed E-state index contributed by atoms with van der Waals surface area (Å²) in [6.45, 7) is 6.93. The van der Waals surface area contributed by atoms with Crippen molar-refractivity contribution in [2.45, 2.75) is 44.1 Å². The fraction of sp³-hybridized carbons (Fsp3) is 1.00. The summed E-state index contributed by atoms with van der Waals surface area (Å²) in [5.74, 6) is 1.07. The molecule has 1 aliphatic carbocycles. The summed E-state index contributed by atoms with van der Waals surface area (Å²) < 4.78 is 0. The Morgan fingerprint density at radius 2 is 1.78 bits per heavy atom. The van der Waals surface area contributed by atoms with Crippen LogP contribution >= 0.6 is 11.8 Å². The molecule has 0 aromatic rings. The molecule has 1 heteroatoms. The molecule has 1 aliphatic rings. The summed E-state index contributed by atoms with van der Waals surface area (Å²) in [4.78, 5) is 0. The summed E-state index contributed by atoms with van der Waals surface area (Å²) >= 11 is 2.12. The Hall–Kier alpha value is 0.350. The predicted molar refractivity (Wildman–Crippen MR) is 44.9 cm³/mol. The molecular weight excluding hydrogens is 128 g/mol. The maximum atomic E-state index is 2.36. The SMILES string of the molecule is CC(C)SC(C)C1CC1. The molecule has 0 nitrogen and oxygen atoms in total. The molecule has 0 bridgehead atoms. The van der Waals surface area contributed by atoms with Crippen LogP contribution in [0.1, 0.15) is 33.6 Å². The van der Waals surface area contributed by atoms with E-state index in [0.29, 0.717) is 0 Å². The molecule has 0 saturated heterocycles. The first-order valence-corrected chi connectivity index (χ1v) is 4.80. The van der Waals surface area contributed by atoms with Gasteiger partial charge in [-0.1, -0.05) is 20.8 Å². The topological polar surface area (TPSA) is 0 Å². The molecule has 1 rings (SSSR count). The van der Waals surface area contributed by atoms with E-state index in [9.17, 15) is 0 Å². The van der Waals surface area contributed by atoms with Gasteiger partial charge in [-0.2, -0.15) is 11.8 Å². The maximum Gasteiger partial charge on any atom is 0.00495 e. The van der Waals surface area contributed by atoms with Crippen LogP contribution in [0.3, 0.4) is 0 Å². The van der Waals surface area contributed by atoms with E-state index in [4.69, 9.17) is 0 Å². The minimum Gasteiger partial charge on any atom is -0.156 e. The highest BCUT2D eigenvalue weighted by atomic mass is 32.2. The quantitative estimate of drug-likeness (QED) is 0.587. The highest BCUT2D eigenvalue weighted by Crippen LogP contribution is 2.39. The van der Waals surface area contributed by atoms with E-state index < -0.39 is 0 Å². The molecule has 1 atom stereocenters. The third-order valence-electron chi connectivity index (χ3n) is 1.77. The summed E-state index contributed by atoms with van der Waals surface area (Å²) in [6.07, 6.45) is 2.97. The van der Waals surface area contributed by atoms with Crippen LogP contribution in [0.4, 0.5) is 0 Å². The van der Waals surface area contributed by atoms with E-state index in [1.807, 2.05) is 0 Å². The first-order chi connectivity index (χ1) is 4.20. The Balaban J connectivity index is 2.10. The van der Waals surface area contributed by atoms with E-state index in [-0.39, 0.29) is 0 Å². The fourth-order valence-corrected chi connectivity index (χ4v) is 2.46. The van der Waals surface area contributed by atoms with Crippen LogP contribution in [0.5, 0.6) is 0 Å². The van der Waals surface area contributed by atoms with Gasteiger partial charge in [0.15, 0.2) is 0 Å². The molecule has 1 saturated carbocycles. The zero-order chi connectivity index (χ0) is 6.85. The van der Waals surface area contributed by atoms with Crippen molar-refractivity contribution in [2.75, 3.05) is 0 Å². The summed E-state index contributed by atoms with van der Waals surface area (Å²) in [7, 11) is 0. The molecule has 0 spiro atoms. The Labute approximate surface area is 62.4 Å². The number of rotatable bonds is 3. The molecule has 9 heavy (non-hydrogen) atoms. The minimum atomic E-state index is 0.820. The van der Waals surface area contributed by atoms with Gasteiger partial charge in [0.05, 0.1) is 0 Å². The van der Waals surface area contributed by atoms with Crippen LogP contribution in [0.2, 0.25) is 0 Å². The van der Waals surface area contributed by atoms with Gasteiger partial charge in [-0.15, -0.1) is 0 Å². The van der Waals surface area contributed by atoms with Gasteiger partial charge in [-0.05, 0) is 24.0 Å². The van der Waals surface area contributed by atoms with E-state index in [1.165, 1.54) is 12.8 Å². The van der Waals surface area contributed by atoms with Crippen LogP contribution < -0.4 is 0 Å². The normalized spacial score (nSPS) is 22.7. The Morgan fingerprint density at radius 1 is 1.22 bits per heavy atom. The molecular formula is C8H16S. The van der Waals surface area contributed by atoms with Gasteiger partial charge in [-0.25, -0.2) is 0 Å². The third kappa shape index (κ3) is 2.61. The molecule has 0 radical (unpaired) electrons. The van der Waals surface area contributed by atoms with Crippen molar-refractivity contribution >= 4 is 11.8 Å². The molecule has 0 N–H and O–H groups in total. The first kappa shape index (κ1) is 7.46. The van der Waals surface area contributed by atoms with Gasteiger partial charge >= 0.3 is 0 Å². The molecule has 1 unspecified atom stereocenters. The monoisotopic (exact) mass is 144 g/mol. The average Bonchev–Trinajstić information content (AvgIpc) is 2.40. The van der Waals surface area contributed by atoms with Crippen molar-refractivity contribution in [3.63, 3.8) is 0 Å². The highest BCUT2D eigenvalue weighted by molar-refractivity contribution is 8.00. The van der Waals surface area contributed by atoms with Crippen LogP contribution in [0.15, 0.2) is 0 Å². The van der Waals surface area contributed by atoms with Crippen molar-refractivity contribution in [2.24, 2.45) is 5.92 Å². The van der Waals surface area contributed by atoms with E-state index in [1.54, 1.807) is 0 Å². The minimum absolute atomic E-state index is 0.820. The number of thioether (sulfide) groups is 1. The highest BCUT2D eigenvalue weighted by Gasteiger charge is 2.28. The van der Waals surface area contributed by atoms with Gasteiger partial charge in [0.25, 0.3) is 0 Å². The van der Waals surface area contributed by atoms with Gasteiger partial charge in [0.2, 0.25) is 0 Å². The first-order valence-electron chi connectivity index (χ1n) is 3.85. The molecule has 0 amide bonds. The lowest BCUT2D eigenvalue weighted by molar-refractivity contribution is 0.814. The molecule has 0 aliphatic heterocycles. The van der Waals surface area contributed by atoms with Gasteiger partial charge in [0.1, 0.15) is 0 Å². The Morgan fingerprint density at radius 3 is 2.11 bits per heavy atom. The maximum absolute atomic E-state index is 2.36. The van der Waals surface area contributed by atoms with Crippen molar-refractivity contribution in [1.29, 1.82) is 0 Å². The standard InChI is InChI=1S/C8H16S/c1-6(2)9-7(3)8-4-5-8/h6-8H,4-5H2,1-3H3. The second kappa shape index (κ2) is 2.96. The van der Waals surface area contributed by atoms with Crippen molar-refractivity contribution in [3.8, 4) is 0 Å². The van der Waals surface area contributed by atoms with Gasteiger partial charge in [-0.3, -0.25) is 0 Å². The van der Waals surface area contributed by atoms with Crippen molar-refractivity contribution in [3.05, 3.63) is 0 Å².